The summed E-state index contributed by atoms with van der Waals surface area (Å²) in [5.74, 6) is 0.0581. The van der Waals surface area contributed by atoms with E-state index in [1.165, 1.54) is 0 Å². The number of aliphatic hydroxyl groups excluding tert-OH is 1. The van der Waals surface area contributed by atoms with Crippen molar-refractivity contribution >= 4 is 5.91 Å². The first-order valence-electron chi connectivity index (χ1n) is 6.81. The molecule has 0 saturated carbocycles. The molecule has 0 aliphatic heterocycles. The maximum atomic E-state index is 11.7. The van der Waals surface area contributed by atoms with Crippen LogP contribution in [0.4, 0.5) is 0 Å². The molecule has 0 aromatic carbocycles. The summed E-state index contributed by atoms with van der Waals surface area (Å²) in [6.45, 7) is 5.05. The number of nitrogens with one attached hydrogen (secondary N) is 1. The molecule has 1 rings (SSSR count). The first kappa shape index (κ1) is 15.6. The van der Waals surface area contributed by atoms with Crippen LogP contribution in [0.5, 0.6) is 0 Å². The number of pyridine rings is 1. The molecular formula is C15H24N2O2. The van der Waals surface area contributed by atoms with Gasteiger partial charge in [-0.2, -0.15) is 0 Å². The van der Waals surface area contributed by atoms with Gasteiger partial charge in [0, 0.05) is 31.5 Å². The monoisotopic (exact) mass is 264 g/mol. The van der Waals surface area contributed by atoms with Gasteiger partial charge in [-0.1, -0.05) is 19.9 Å². The van der Waals surface area contributed by atoms with E-state index in [1.807, 2.05) is 18.2 Å². The average Bonchev–Trinajstić information content (AvgIpc) is 2.42. The predicted octanol–water partition coefficient (Wildman–Crippen LogP) is 1.93. The van der Waals surface area contributed by atoms with Crippen molar-refractivity contribution in [3.63, 3.8) is 0 Å². The van der Waals surface area contributed by atoms with E-state index < -0.39 is 0 Å². The number of hydrogen-bond acceptors (Lipinski definition) is 3. The van der Waals surface area contributed by atoms with Crippen LogP contribution in [0.25, 0.3) is 0 Å². The predicted molar refractivity (Wildman–Crippen MR) is 75.7 cm³/mol. The fourth-order valence-corrected chi connectivity index (χ4v) is 1.86. The molecule has 106 valence electrons. The van der Waals surface area contributed by atoms with E-state index in [0.29, 0.717) is 19.4 Å². The molecule has 19 heavy (non-hydrogen) atoms. The van der Waals surface area contributed by atoms with Crippen molar-refractivity contribution in [3.8, 4) is 0 Å². The second-order valence-corrected chi connectivity index (χ2v) is 5.59. The molecule has 2 N–H and O–H groups in total. The van der Waals surface area contributed by atoms with Gasteiger partial charge in [0.05, 0.1) is 0 Å². The summed E-state index contributed by atoms with van der Waals surface area (Å²) in [4.78, 5) is 15.9. The Hall–Kier alpha value is -1.42. The summed E-state index contributed by atoms with van der Waals surface area (Å²) in [5.41, 5.74) is 0.973. The molecule has 0 unspecified atom stereocenters. The Kier molecular flexibility index (Phi) is 6.50. The van der Waals surface area contributed by atoms with Crippen LogP contribution in [0, 0.1) is 5.41 Å². The molecule has 1 heterocycles. The highest BCUT2D eigenvalue weighted by Gasteiger charge is 2.18. The molecule has 4 heteroatoms. The zero-order valence-electron chi connectivity index (χ0n) is 11.9. The van der Waals surface area contributed by atoms with Gasteiger partial charge in [0.15, 0.2) is 0 Å². The van der Waals surface area contributed by atoms with Gasteiger partial charge in [-0.3, -0.25) is 9.78 Å². The minimum atomic E-state index is 0.0311. The summed E-state index contributed by atoms with van der Waals surface area (Å²) in [6.07, 6.45) is 4.56. The standard InChI is InChI=1S/C15H24N2O2/c1-15(2,9-5-11-18)12-17-14(19)8-7-13-6-3-4-10-16-13/h3-4,6,10,18H,5,7-9,11-12H2,1-2H3,(H,17,19). The van der Waals surface area contributed by atoms with Crippen molar-refractivity contribution < 1.29 is 9.90 Å². The van der Waals surface area contributed by atoms with Crippen LogP contribution in [0.2, 0.25) is 0 Å². The van der Waals surface area contributed by atoms with Crippen LogP contribution in [-0.2, 0) is 11.2 Å². The van der Waals surface area contributed by atoms with Crippen LogP contribution in [0.1, 0.15) is 38.8 Å². The fourth-order valence-electron chi connectivity index (χ4n) is 1.86. The van der Waals surface area contributed by atoms with Gasteiger partial charge in [-0.05, 0) is 36.8 Å². The second kappa shape index (κ2) is 7.89. The van der Waals surface area contributed by atoms with Gasteiger partial charge in [0.2, 0.25) is 5.91 Å². The Labute approximate surface area is 115 Å². The molecule has 0 atom stereocenters. The van der Waals surface area contributed by atoms with E-state index in [2.05, 4.69) is 24.1 Å². The average molecular weight is 264 g/mol. The number of carbonyl (C=O) groups excluding carboxylic acids is 1. The van der Waals surface area contributed by atoms with Crippen molar-refractivity contribution in [1.82, 2.24) is 10.3 Å². The highest BCUT2D eigenvalue weighted by molar-refractivity contribution is 5.76. The minimum absolute atomic E-state index is 0.0311. The van der Waals surface area contributed by atoms with Gasteiger partial charge in [0.25, 0.3) is 0 Å². The summed E-state index contributed by atoms with van der Waals surface area (Å²) in [7, 11) is 0. The number of hydrogen-bond donors (Lipinski definition) is 2. The molecule has 0 fully saturated rings. The summed E-state index contributed by atoms with van der Waals surface area (Å²) in [6, 6.07) is 5.73. The number of nitrogens with zero attached hydrogens (tertiary/aromatic N) is 1. The SMILES string of the molecule is CC(C)(CCCO)CNC(=O)CCc1ccccn1. The van der Waals surface area contributed by atoms with Gasteiger partial charge < -0.3 is 10.4 Å². The molecule has 1 amide bonds. The number of amides is 1. The quantitative estimate of drug-likeness (QED) is 0.754. The van der Waals surface area contributed by atoms with E-state index in [4.69, 9.17) is 5.11 Å². The molecule has 1 aromatic heterocycles. The van der Waals surface area contributed by atoms with Gasteiger partial charge in [-0.25, -0.2) is 0 Å². The third-order valence-corrected chi connectivity index (χ3v) is 3.11. The first-order valence-corrected chi connectivity index (χ1v) is 6.81. The zero-order valence-corrected chi connectivity index (χ0v) is 11.9. The Balaban J connectivity index is 2.24. The van der Waals surface area contributed by atoms with E-state index in [0.717, 1.165) is 18.5 Å². The summed E-state index contributed by atoms with van der Waals surface area (Å²) >= 11 is 0. The first-order chi connectivity index (χ1) is 9.03. The third kappa shape index (κ3) is 6.91. The van der Waals surface area contributed by atoms with Crippen LogP contribution < -0.4 is 5.32 Å². The number of carbonyl (C=O) groups is 1. The molecular weight excluding hydrogens is 240 g/mol. The highest BCUT2D eigenvalue weighted by atomic mass is 16.2. The molecule has 0 bridgehead atoms. The lowest BCUT2D eigenvalue weighted by Crippen LogP contribution is -2.34. The lowest BCUT2D eigenvalue weighted by molar-refractivity contribution is -0.121. The largest absolute Gasteiger partial charge is 0.396 e. The number of aromatic nitrogens is 1. The molecule has 0 aliphatic carbocycles. The lowest BCUT2D eigenvalue weighted by atomic mass is 9.88. The molecule has 0 aliphatic rings. The molecule has 0 radical (unpaired) electrons. The third-order valence-electron chi connectivity index (χ3n) is 3.11. The summed E-state index contributed by atoms with van der Waals surface area (Å²) in [5, 5.41) is 11.8. The Morgan fingerprint density at radius 1 is 1.42 bits per heavy atom. The van der Waals surface area contributed by atoms with Crippen LogP contribution in [-0.4, -0.2) is 29.1 Å². The lowest BCUT2D eigenvalue weighted by Gasteiger charge is -2.24. The molecule has 4 nitrogen and oxygen atoms in total. The van der Waals surface area contributed by atoms with Crippen LogP contribution in [0.3, 0.4) is 0 Å². The molecule has 0 spiro atoms. The van der Waals surface area contributed by atoms with E-state index in [9.17, 15) is 4.79 Å². The van der Waals surface area contributed by atoms with E-state index in [-0.39, 0.29) is 17.9 Å². The van der Waals surface area contributed by atoms with Crippen molar-refractivity contribution in [2.45, 2.75) is 39.5 Å². The minimum Gasteiger partial charge on any atom is -0.396 e. The maximum Gasteiger partial charge on any atom is 0.220 e. The van der Waals surface area contributed by atoms with Crippen LogP contribution in [0.15, 0.2) is 24.4 Å². The van der Waals surface area contributed by atoms with Crippen molar-refractivity contribution in [3.05, 3.63) is 30.1 Å². The summed E-state index contributed by atoms with van der Waals surface area (Å²) < 4.78 is 0. The molecule has 1 aromatic rings. The van der Waals surface area contributed by atoms with Gasteiger partial charge in [-0.15, -0.1) is 0 Å². The molecule has 0 saturated heterocycles. The van der Waals surface area contributed by atoms with E-state index >= 15 is 0 Å². The Bertz CT molecular complexity index is 377. The maximum absolute atomic E-state index is 11.7. The number of rotatable bonds is 8. The van der Waals surface area contributed by atoms with Gasteiger partial charge >= 0.3 is 0 Å². The van der Waals surface area contributed by atoms with E-state index in [1.54, 1.807) is 6.20 Å². The number of aryl methyl sites for hydroxylation is 1. The Morgan fingerprint density at radius 3 is 2.84 bits per heavy atom. The zero-order chi connectivity index (χ0) is 14.1. The van der Waals surface area contributed by atoms with Crippen LogP contribution >= 0.6 is 0 Å². The number of aliphatic hydroxyl groups is 1. The Morgan fingerprint density at radius 2 is 2.21 bits per heavy atom. The van der Waals surface area contributed by atoms with Crippen molar-refractivity contribution in [1.29, 1.82) is 0 Å². The van der Waals surface area contributed by atoms with Crippen molar-refractivity contribution in [2.75, 3.05) is 13.2 Å². The van der Waals surface area contributed by atoms with Crippen molar-refractivity contribution in [2.24, 2.45) is 5.41 Å². The normalized spacial score (nSPS) is 11.3. The fraction of sp³-hybridized carbons (Fsp3) is 0.600. The smallest absolute Gasteiger partial charge is 0.220 e. The highest BCUT2D eigenvalue weighted by Crippen LogP contribution is 2.20. The van der Waals surface area contributed by atoms with Gasteiger partial charge in [0.1, 0.15) is 0 Å². The second-order valence-electron chi connectivity index (χ2n) is 5.59. The topological polar surface area (TPSA) is 62.2 Å².